The highest BCUT2D eigenvalue weighted by atomic mass is 19.1. The largest absolute Gasteiger partial charge is 0.496 e. The molecule has 1 aliphatic heterocycles. The van der Waals surface area contributed by atoms with Crippen molar-refractivity contribution < 1.29 is 18.7 Å². The molecule has 162 valence electrons. The summed E-state index contributed by atoms with van der Waals surface area (Å²) < 4.78 is 25.4. The lowest BCUT2D eigenvalue weighted by atomic mass is 10.0. The van der Waals surface area contributed by atoms with Gasteiger partial charge in [-0.3, -0.25) is 9.89 Å². The minimum Gasteiger partial charge on any atom is -0.496 e. The number of morpholine rings is 1. The first-order chi connectivity index (χ1) is 15.7. The Bertz CT molecular complexity index is 1300. The smallest absolute Gasteiger partial charge is 0.254 e. The van der Waals surface area contributed by atoms with Crippen LogP contribution >= 0.6 is 0 Å². The van der Waals surface area contributed by atoms with Crippen molar-refractivity contribution in [1.82, 2.24) is 20.1 Å². The molecule has 1 N–H and O–H groups in total. The van der Waals surface area contributed by atoms with Gasteiger partial charge in [-0.15, -0.1) is 0 Å². The second kappa shape index (κ2) is 8.39. The molecule has 0 unspecified atom stereocenters. The van der Waals surface area contributed by atoms with E-state index in [1.54, 1.807) is 29.3 Å². The molecule has 3 heterocycles. The van der Waals surface area contributed by atoms with E-state index < -0.39 is 5.82 Å². The average molecular weight is 432 g/mol. The van der Waals surface area contributed by atoms with Crippen LogP contribution in [-0.2, 0) is 4.74 Å². The number of rotatable bonds is 4. The van der Waals surface area contributed by atoms with E-state index in [-0.39, 0.29) is 5.91 Å². The summed E-state index contributed by atoms with van der Waals surface area (Å²) in [6.07, 6.45) is 1.70. The molecule has 32 heavy (non-hydrogen) atoms. The number of aromatic amines is 1. The second-order valence-corrected chi connectivity index (χ2v) is 7.50. The number of aromatic nitrogens is 3. The van der Waals surface area contributed by atoms with Gasteiger partial charge in [0.2, 0.25) is 0 Å². The number of amides is 1. The lowest BCUT2D eigenvalue weighted by molar-refractivity contribution is 0.0303. The summed E-state index contributed by atoms with van der Waals surface area (Å²) in [5, 5.41) is 7.78. The number of pyridine rings is 1. The van der Waals surface area contributed by atoms with E-state index in [2.05, 4.69) is 15.2 Å². The van der Waals surface area contributed by atoms with Crippen LogP contribution in [0.3, 0.4) is 0 Å². The Morgan fingerprint density at radius 1 is 1.12 bits per heavy atom. The van der Waals surface area contributed by atoms with Crippen LogP contribution in [0.5, 0.6) is 5.75 Å². The molecule has 2 aromatic heterocycles. The predicted octanol–water partition coefficient (Wildman–Crippen LogP) is 3.91. The van der Waals surface area contributed by atoms with Crippen LogP contribution in [0.1, 0.15) is 10.4 Å². The van der Waals surface area contributed by atoms with Crippen LogP contribution in [0, 0.1) is 5.82 Å². The average Bonchev–Trinajstić information content (AvgIpc) is 3.27. The molecule has 0 radical (unpaired) electrons. The third-order valence-electron chi connectivity index (χ3n) is 5.60. The van der Waals surface area contributed by atoms with E-state index in [1.165, 1.54) is 13.2 Å². The summed E-state index contributed by atoms with van der Waals surface area (Å²) in [4.78, 5) is 19.1. The SMILES string of the molecule is COc1cccc(F)c1-c1[nH]nc2ncc(-c3cccc(C(=O)N4CCOCC4)c3)cc12. The quantitative estimate of drug-likeness (QED) is 0.529. The number of hydrogen-bond acceptors (Lipinski definition) is 5. The van der Waals surface area contributed by atoms with Gasteiger partial charge in [0.25, 0.3) is 5.91 Å². The maximum Gasteiger partial charge on any atom is 0.254 e. The highest BCUT2D eigenvalue weighted by molar-refractivity contribution is 5.97. The van der Waals surface area contributed by atoms with Gasteiger partial charge in [0.1, 0.15) is 11.6 Å². The topological polar surface area (TPSA) is 80.3 Å². The zero-order chi connectivity index (χ0) is 22.1. The molecule has 7 nitrogen and oxygen atoms in total. The number of ether oxygens (including phenoxy) is 2. The van der Waals surface area contributed by atoms with Gasteiger partial charge in [0.05, 0.1) is 31.6 Å². The van der Waals surface area contributed by atoms with Crippen molar-refractivity contribution in [3.8, 4) is 28.1 Å². The van der Waals surface area contributed by atoms with Gasteiger partial charge in [-0.05, 0) is 35.9 Å². The summed E-state index contributed by atoms with van der Waals surface area (Å²) >= 11 is 0. The van der Waals surface area contributed by atoms with E-state index in [0.29, 0.717) is 59.9 Å². The number of carbonyl (C=O) groups excluding carboxylic acids is 1. The van der Waals surface area contributed by atoms with Gasteiger partial charge in [-0.2, -0.15) is 5.10 Å². The lowest BCUT2D eigenvalue weighted by Crippen LogP contribution is -2.40. The Morgan fingerprint density at radius 2 is 1.94 bits per heavy atom. The molecule has 5 rings (SSSR count). The normalized spacial score (nSPS) is 14.0. The number of carbonyl (C=O) groups is 1. The summed E-state index contributed by atoms with van der Waals surface area (Å²) in [5.41, 5.74) is 3.50. The molecule has 4 aromatic rings. The molecular weight excluding hydrogens is 411 g/mol. The fourth-order valence-corrected chi connectivity index (χ4v) is 3.95. The highest BCUT2D eigenvalue weighted by Gasteiger charge is 2.20. The van der Waals surface area contributed by atoms with Crippen molar-refractivity contribution in [2.75, 3.05) is 33.4 Å². The van der Waals surface area contributed by atoms with Gasteiger partial charge in [-0.1, -0.05) is 18.2 Å². The first kappa shape index (κ1) is 20.1. The van der Waals surface area contributed by atoms with Crippen LogP contribution in [0.4, 0.5) is 4.39 Å². The molecule has 1 amide bonds. The van der Waals surface area contributed by atoms with Crippen molar-refractivity contribution in [2.45, 2.75) is 0 Å². The molecule has 2 aromatic carbocycles. The van der Waals surface area contributed by atoms with Gasteiger partial charge in [0.15, 0.2) is 5.65 Å². The van der Waals surface area contributed by atoms with Gasteiger partial charge >= 0.3 is 0 Å². The van der Waals surface area contributed by atoms with E-state index >= 15 is 0 Å². The Morgan fingerprint density at radius 3 is 2.75 bits per heavy atom. The maximum atomic E-state index is 14.7. The molecule has 0 saturated carbocycles. The third-order valence-corrected chi connectivity index (χ3v) is 5.60. The fraction of sp³-hybridized carbons (Fsp3) is 0.208. The fourth-order valence-electron chi connectivity index (χ4n) is 3.95. The van der Waals surface area contributed by atoms with Crippen LogP contribution < -0.4 is 4.74 Å². The van der Waals surface area contributed by atoms with E-state index in [4.69, 9.17) is 9.47 Å². The first-order valence-electron chi connectivity index (χ1n) is 10.3. The number of nitrogens with one attached hydrogen (secondary N) is 1. The zero-order valence-corrected chi connectivity index (χ0v) is 17.5. The molecule has 1 saturated heterocycles. The molecule has 1 fully saturated rings. The first-order valence-corrected chi connectivity index (χ1v) is 10.3. The highest BCUT2D eigenvalue weighted by Crippen LogP contribution is 2.36. The predicted molar refractivity (Wildman–Crippen MR) is 118 cm³/mol. The van der Waals surface area contributed by atoms with Crippen molar-refractivity contribution in [3.63, 3.8) is 0 Å². The summed E-state index contributed by atoms with van der Waals surface area (Å²) in [7, 11) is 1.50. The Kier molecular flexibility index (Phi) is 5.28. The number of methoxy groups -OCH3 is 1. The van der Waals surface area contributed by atoms with Crippen LogP contribution in [0.2, 0.25) is 0 Å². The summed E-state index contributed by atoms with van der Waals surface area (Å²) in [6, 6.07) is 14.0. The van der Waals surface area contributed by atoms with Gasteiger partial charge < -0.3 is 14.4 Å². The number of benzene rings is 2. The number of H-pyrrole nitrogens is 1. The third kappa shape index (κ3) is 3.58. The Hall–Kier alpha value is -3.78. The standard InChI is InChI=1S/C24H21FN4O3/c1-31-20-7-3-6-19(25)21(20)22-18-13-17(14-26-23(18)28-27-22)15-4-2-5-16(12-15)24(30)29-8-10-32-11-9-29/h2-7,12-14H,8-11H2,1H3,(H,26,27,28). The number of hydrogen-bond donors (Lipinski definition) is 1. The van der Waals surface area contributed by atoms with E-state index in [1.807, 2.05) is 24.3 Å². The number of halogens is 1. The summed E-state index contributed by atoms with van der Waals surface area (Å²) in [5.74, 6) is -0.0400. The Labute approximate surface area is 183 Å². The molecular formula is C24H21FN4O3. The molecule has 0 spiro atoms. The van der Waals surface area contributed by atoms with Crippen molar-refractivity contribution >= 4 is 16.9 Å². The van der Waals surface area contributed by atoms with Crippen molar-refractivity contribution in [1.29, 1.82) is 0 Å². The molecule has 1 aliphatic rings. The van der Waals surface area contributed by atoms with E-state index in [0.717, 1.165) is 11.1 Å². The molecule has 0 aliphatic carbocycles. The second-order valence-electron chi connectivity index (χ2n) is 7.50. The molecule has 8 heteroatoms. The zero-order valence-electron chi connectivity index (χ0n) is 17.5. The number of fused-ring (bicyclic) bond motifs is 1. The summed E-state index contributed by atoms with van der Waals surface area (Å²) in [6.45, 7) is 2.27. The van der Waals surface area contributed by atoms with Crippen LogP contribution in [0.25, 0.3) is 33.4 Å². The minimum absolute atomic E-state index is 0.0238. The molecule has 0 bridgehead atoms. The minimum atomic E-state index is -0.418. The molecule has 0 atom stereocenters. The van der Waals surface area contributed by atoms with E-state index in [9.17, 15) is 9.18 Å². The maximum absolute atomic E-state index is 14.7. The van der Waals surface area contributed by atoms with Gasteiger partial charge in [-0.25, -0.2) is 9.37 Å². The van der Waals surface area contributed by atoms with Crippen LogP contribution in [0.15, 0.2) is 54.7 Å². The van der Waals surface area contributed by atoms with Crippen molar-refractivity contribution in [2.24, 2.45) is 0 Å². The lowest BCUT2D eigenvalue weighted by Gasteiger charge is -2.27. The number of nitrogens with zero attached hydrogens (tertiary/aromatic N) is 3. The Balaban J connectivity index is 1.55. The van der Waals surface area contributed by atoms with Crippen molar-refractivity contribution in [3.05, 3.63) is 66.1 Å². The monoisotopic (exact) mass is 432 g/mol. The van der Waals surface area contributed by atoms with Gasteiger partial charge in [0, 0.05) is 35.8 Å². The van der Waals surface area contributed by atoms with Crippen LogP contribution in [-0.4, -0.2) is 59.4 Å².